The van der Waals surface area contributed by atoms with Crippen molar-refractivity contribution in [2.24, 2.45) is 0 Å². The molecule has 0 aromatic heterocycles. The van der Waals surface area contributed by atoms with Crippen LogP contribution in [0.1, 0.15) is 12.8 Å². The van der Waals surface area contributed by atoms with E-state index in [1.807, 2.05) is 0 Å². The molecule has 1 saturated heterocycles. The van der Waals surface area contributed by atoms with E-state index in [2.05, 4.69) is 0 Å². The van der Waals surface area contributed by atoms with E-state index in [9.17, 15) is 9.59 Å². The Kier molecular flexibility index (Phi) is 3.29. The Morgan fingerprint density at radius 2 is 2.07 bits per heavy atom. The molecule has 2 unspecified atom stereocenters. The van der Waals surface area contributed by atoms with E-state index in [0.717, 1.165) is 4.90 Å². The van der Waals surface area contributed by atoms with Crippen LogP contribution in [0.15, 0.2) is 0 Å². The van der Waals surface area contributed by atoms with Crippen molar-refractivity contribution in [2.45, 2.75) is 24.9 Å². The molecule has 6 nitrogen and oxygen atoms in total. The van der Waals surface area contributed by atoms with Crippen molar-refractivity contribution in [2.75, 3.05) is 13.7 Å². The molecule has 0 aromatic rings. The van der Waals surface area contributed by atoms with Crippen molar-refractivity contribution in [3.63, 3.8) is 0 Å². The molecule has 2 N–H and O–H groups in total. The van der Waals surface area contributed by atoms with Crippen LogP contribution in [0.4, 0.5) is 4.79 Å². The van der Waals surface area contributed by atoms with Gasteiger partial charge >= 0.3 is 12.1 Å². The van der Waals surface area contributed by atoms with Gasteiger partial charge in [-0.05, 0) is 12.8 Å². The monoisotopic (exact) mass is 203 g/mol. The lowest BCUT2D eigenvalue weighted by Crippen LogP contribution is -2.45. The summed E-state index contributed by atoms with van der Waals surface area (Å²) in [5.41, 5.74) is 0. The lowest BCUT2D eigenvalue weighted by atomic mass is 10.2. The molecule has 1 fully saturated rings. The first-order valence-electron chi connectivity index (χ1n) is 4.31. The Morgan fingerprint density at radius 1 is 1.43 bits per heavy atom. The van der Waals surface area contributed by atoms with Gasteiger partial charge in [0.25, 0.3) is 0 Å². The number of likely N-dealkylation sites (tertiary alicyclic amines) is 1. The average Bonchev–Trinajstić information content (AvgIpc) is 2.48. The van der Waals surface area contributed by atoms with E-state index in [1.165, 1.54) is 7.11 Å². The normalized spacial score (nSPS) is 26.5. The first-order chi connectivity index (χ1) is 6.57. The third-order valence-corrected chi connectivity index (χ3v) is 2.37. The maximum absolute atomic E-state index is 10.8. The van der Waals surface area contributed by atoms with Crippen molar-refractivity contribution in [1.82, 2.24) is 4.90 Å². The van der Waals surface area contributed by atoms with E-state index in [-0.39, 0.29) is 12.6 Å². The van der Waals surface area contributed by atoms with Crippen molar-refractivity contribution >= 4 is 12.1 Å². The number of carboxylic acids is 1. The molecular weight excluding hydrogens is 190 g/mol. The molecule has 1 aliphatic rings. The van der Waals surface area contributed by atoms with E-state index >= 15 is 0 Å². The summed E-state index contributed by atoms with van der Waals surface area (Å²) < 4.78 is 4.84. The topological polar surface area (TPSA) is 87.1 Å². The van der Waals surface area contributed by atoms with Gasteiger partial charge in [0.2, 0.25) is 0 Å². The molecule has 1 rings (SSSR count). The summed E-state index contributed by atoms with van der Waals surface area (Å²) in [4.78, 5) is 22.5. The number of aliphatic carboxylic acids is 1. The van der Waals surface area contributed by atoms with Crippen LogP contribution in [0.2, 0.25) is 0 Å². The molecule has 80 valence electrons. The minimum absolute atomic E-state index is 0.246. The Morgan fingerprint density at radius 3 is 2.50 bits per heavy atom. The first-order valence-corrected chi connectivity index (χ1v) is 4.31. The summed E-state index contributed by atoms with van der Waals surface area (Å²) >= 11 is 0. The van der Waals surface area contributed by atoms with Gasteiger partial charge in [0.1, 0.15) is 6.04 Å². The van der Waals surface area contributed by atoms with Crippen LogP contribution in [0, 0.1) is 0 Å². The SMILES string of the molecule is COCC1CCC(C(=O)O)N1C(=O)O. The molecule has 14 heavy (non-hydrogen) atoms. The molecule has 1 heterocycles. The standard InChI is InChI=1S/C8H13NO5/c1-14-4-5-2-3-6(7(10)11)9(5)8(12)13/h5-6H,2-4H2,1H3,(H,10,11)(H,12,13). The lowest BCUT2D eigenvalue weighted by molar-refractivity contribution is -0.142. The molecule has 6 heteroatoms. The van der Waals surface area contributed by atoms with Gasteiger partial charge in [0, 0.05) is 7.11 Å². The second-order valence-electron chi connectivity index (χ2n) is 3.23. The summed E-state index contributed by atoms with van der Waals surface area (Å²) in [6, 6.07) is -1.26. The Labute approximate surface area is 81.1 Å². The Bertz CT molecular complexity index is 242. The lowest BCUT2D eigenvalue weighted by Gasteiger charge is -2.24. The minimum Gasteiger partial charge on any atom is -0.480 e. The van der Waals surface area contributed by atoms with Gasteiger partial charge < -0.3 is 14.9 Å². The number of amides is 1. The van der Waals surface area contributed by atoms with Crippen molar-refractivity contribution in [3.05, 3.63) is 0 Å². The highest BCUT2D eigenvalue weighted by molar-refractivity contribution is 5.80. The van der Waals surface area contributed by atoms with E-state index in [4.69, 9.17) is 14.9 Å². The van der Waals surface area contributed by atoms with E-state index in [0.29, 0.717) is 12.8 Å². The molecule has 1 aliphatic heterocycles. The third kappa shape index (κ3) is 1.95. The second kappa shape index (κ2) is 4.28. The van der Waals surface area contributed by atoms with Gasteiger partial charge in [-0.15, -0.1) is 0 Å². The third-order valence-electron chi connectivity index (χ3n) is 2.37. The summed E-state index contributed by atoms with van der Waals surface area (Å²) in [5, 5.41) is 17.6. The zero-order valence-corrected chi connectivity index (χ0v) is 7.84. The summed E-state index contributed by atoms with van der Waals surface area (Å²) in [7, 11) is 1.47. The number of carboxylic acid groups (broad SMARTS) is 2. The summed E-state index contributed by atoms with van der Waals surface area (Å²) in [6.45, 7) is 0.246. The summed E-state index contributed by atoms with van der Waals surface area (Å²) in [5.74, 6) is -1.09. The molecule has 2 atom stereocenters. The van der Waals surface area contributed by atoms with Crippen LogP contribution in [-0.4, -0.2) is 53.0 Å². The predicted octanol–water partition coefficient (Wildman–Crippen LogP) is 0.228. The number of hydrogen-bond acceptors (Lipinski definition) is 3. The smallest absolute Gasteiger partial charge is 0.408 e. The molecule has 0 aliphatic carbocycles. The highest BCUT2D eigenvalue weighted by atomic mass is 16.5. The van der Waals surface area contributed by atoms with Gasteiger partial charge in [0.05, 0.1) is 12.6 Å². The fourth-order valence-electron chi connectivity index (χ4n) is 1.77. The van der Waals surface area contributed by atoms with Gasteiger partial charge in [0.15, 0.2) is 0 Å². The van der Waals surface area contributed by atoms with Gasteiger partial charge in [-0.25, -0.2) is 9.59 Å². The van der Waals surface area contributed by atoms with Gasteiger partial charge in [-0.3, -0.25) is 4.90 Å². The molecular formula is C8H13NO5. The van der Waals surface area contributed by atoms with Crippen molar-refractivity contribution < 1.29 is 24.5 Å². The van der Waals surface area contributed by atoms with Crippen molar-refractivity contribution in [1.29, 1.82) is 0 Å². The number of nitrogens with zero attached hydrogens (tertiary/aromatic N) is 1. The summed E-state index contributed by atoms with van der Waals surface area (Å²) in [6.07, 6.45) is -0.302. The minimum atomic E-state index is -1.20. The zero-order valence-electron chi connectivity index (χ0n) is 7.84. The Hall–Kier alpha value is -1.30. The zero-order chi connectivity index (χ0) is 10.7. The number of hydrogen-bond donors (Lipinski definition) is 2. The number of methoxy groups -OCH3 is 1. The largest absolute Gasteiger partial charge is 0.480 e. The van der Waals surface area contributed by atoms with Crippen LogP contribution >= 0.6 is 0 Å². The molecule has 0 aromatic carbocycles. The van der Waals surface area contributed by atoms with Crippen LogP contribution in [-0.2, 0) is 9.53 Å². The quantitative estimate of drug-likeness (QED) is 0.685. The molecule has 0 bridgehead atoms. The second-order valence-corrected chi connectivity index (χ2v) is 3.23. The molecule has 0 radical (unpaired) electrons. The molecule has 1 amide bonds. The van der Waals surface area contributed by atoms with Gasteiger partial charge in [-0.1, -0.05) is 0 Å². The van der Waals surface area contributed by atoms with Crippen molar-refractivity contribution in [3.8, 4) is 0 Å². The van der Waals surface area contributed by atoms with Gasteiger partial charge in [-0.2, -0.15) is 0 Å². The number of rotatable bonds is 3. The maximum atomic E-state index is 10.8. The fraction of sp³-hybridized carbons (Fsp3) is 0.750. The van der Waals surface area contributed by atoms with E-state index < -0.39 is 18.1 Å². The fourth-order valence-corrected chi connectivity index (χ4v) is 1.77. The molecule has 0 saturated carbocycles. The van der Waals surface area contributed by atoms with Crippen LogP contribution in [0.5, 0.6) is 0 Å². The number of ether oxygens (including phenoxy) is 1. The highest BCUT2D eigenvalue weighted by Gasteiger charge is 2.40. The Balaban J connectivity index is 2.74. The van der Waals surface area contributed by atoms with Crippen LogP contribution in [0.3, 0.4) is 0 Å². The van der Waals surface area contributed by atoms with Crippen LogP contribution < -0.4 is 0 Å². The van der Waals surface area contributed by atoms with Crippen LogP contribution in [0.25, 0.3) is 0 Å². The maximum Gasteiger partial charge on any atom is 0.408 e. The highest BCUT2D eigenvalue weighted by Crippen LogP contribution is 2.24. The van der Waals surface area contributed by atoms with E-state index in [1.54, 1.807) is 0 Å². The molecule has 0 spiro atoms. The first kappa shape index (κ1) is 10.8. The average molecular weight is 203 g/mol. The predicted molar refractivity (Wildman–Crippen MR) is 46.2 cm³/mol. The number of carbonyl (C=O) groups is 2.